The van der Waals surface area contributed by atoms with Gasteiger partial charge in [0.25, 0.3) is 0 Å². The summed E-state index contributed by atoms with van der Waals surface area (Å²) < 4.78 is 1.79. The fraction of sp³-hybridized carbons (Fsp3) is 0.125. The SMILES string of the molecule is C=N[N+]1=[C-]c2ccc3c(c2C1)Cc1ccccc1-3. The topological polar surface area (TPSA) is 15.4 Å². The summed E-state index contributed by atoms with van der Waals surface area (Å²) in [5.74, 6) is 0. The van der Waals surface area contributed by atoms with Crippen molar-refractivity contribution in [2.45, 2.75) is 13.0 Å². The molecule has 0 spiro atoms. The molecule has 0 saturated heterocycles. The van der Waals surface area contributed by atoms with Gasteiger partial charge in [0.2, 0.25) is 0 Å². The molecule has 2 heteroatoms. The van der Waals surface area contributed by atoms with Gasteiger partial charge in [0.1, 0.15) is 12.8 Å². The predicted octanol–water partition coefficient (Wildman–Crippen LogP) is 2.70. The Morgan fingerprint density at radius 2 is 1.94 bits per heavy atom. The van der Waals surface area contributed by atoms with Crippen LogP contribution < -0.4 is 0 Å². The molecule has 4 rings (SSSR count). The van der Waals surface area contributed by atoms with Crippen LogP contribution in [0.1, 0.15) is 22.3 Å². The summed E-state index contributed by atoms with van der Waals surface area (Å²) in [6, 6.07) is 13.0. The van der Waals surface area contributed by atoms with Crippen LogP contribution in [-0.2, 0) is 13.0 Å². The number of benzene rings is 2. The van der Waals surface area contributed by atoms with Gasteiger partial charge in [-0.3, -0.25) is 0 Å². The predicted molar refractivity (Wildman–Crippen MR) is 72.3 cm³/mol. The Hall–Kier alpha value is -2.22. The average Bonchev–Trinajstić information content (AvgIpc) is 2.98. The Kier molecular flexibility index (Phi) is 1.84. The molecule has 2 aromatic rings. The van der Waals surface area contributed by atoms with Crippen LogP contribution in [0.2, 0.25) is 0 Å². The van der Waals surface area contributed by atoms with Crippen molar-refractivity contribution >= 4 is 12.9 Å². The summed E-state index contributed by atoms with van der Waals surface area (Å²) in [6.45, 7) is 4.37. The van der Waals surface area contributed by atoms with E-state index >= 15 is 0 Å². The van der Waals surface area contributed by atoms with Crippen molar-refractivity contribution in [2.75, 3.05) is 0 Å². The summed E-state index contributed by atoms with van der Waals surface area (Å²) >= 11 is 0. The van der Waals surface area contributed by atoms with E-state index in [9.17, 15) is 0 Å². The molecule has 86 valence electrons. The van der Waals surface area contributed by atoms with Crippen LogP contribution in [0.5, 0.6) is 0 Å². The molecule has 2 nitrogen and oxygen atoms in total. The fourth-order valence-corrected chi connectivity index (χ4v) is 2.97. The zero-order valence-electron chi connectivity index (χ0n) is 9.98. The van der Waals surface area contributed by atoms with Gasteiger partial charge in [-0.2, -0.15) is 6.07 Å². The second-order valence-electron chi connectivity index (χ2n) is 4.76. The molecular formula is C16H12N2. The van der Waals surface area contributed by atoms with E-state index in [2.05, 4.69) is 54.4 Å². The highest BCUT2D eigenvalue weighted by Crippen LogP contribution is 2.40. The van der Waals surface area contributed by atoms with Crippen LogP contribution in [0, 0.1) is 0 Å². The first kappa shape index (κ1) is 9.77. The first-order chi connectivity index (χ1) is 8.86. The molecule has 1 heterocycles. The van der Waals surface area contributed by atoms with Gasteiger partial charge in [-0.1, -0.05) is 35.4 Å². The number of nitrogens with zero attached hydrogens (tertiary/aromatic N) is 2. The third-order valence-electron chi connectivity index (χ3n) is 3.83. The zero-order valence-corrected chi connectivity index (χ0v) is 9.98. The van der Waals surface area contributed by atoms with Crippen molar-refractivity contribution in [3.63, 3.8) is 0 Å². The van der Waals surface area contributed by atoms with Gasteiger partial charge in [-0.25, -0.2) is 0 Å². The van der Waals surface area contributed by atoms with Gasteiger partial charge < -0.3 is 0 Å². The van der Waals surface area contributed by atoms with E-state index in [-0.39, 0.29) is 0 Å². The van der Waals surface area contributed by atoms with E-state index in [0.29, 0.717) is 0 Å². The molecular weight excluding hydrogens is 220 g/mol. The van der Waals surface area contributed by atoms with Gasteiger partial charge in [0.05, 0.1) is 6.72 Å². The van der Waals surface area contributed by atoms with Crippen molar-refractivity contribution in [2.24, 2.45) is 5.10 Å². The summed E-state index contributed by atoms with van der Waals surface area (Å²) in [7, 11) is 0. The molecule has 0 N–H and O–H groups in total. The first-order valence-electron chi connectivity index (χ1n) is 6.10. The van der Waals surface area contributed by atoms with Crippen molar-refractivity contribution in [1.29, 1.82) is 0 Å². The lowest BCUT2D eigenvalue weighted by molar-refractivity contribution is -0.539. The second kappa shape index (κ2) is 3.39. The number of hydrogen-bond acceptors (Lipinski definition) is 1. The van der Waals surface area contributed by atoms with Crippen LogP contribution in [-0.4, -0.2) is 17.6 Å². The largest absolute Gasteiger partial charge is 0.156 e. The molecule has 0 amide bonds. The Morgan fingerprint density at radius 1 is 1.06 bits per heavy atom. The van der Waals surface area contributed by atoms with Crippen LogP contribution in [0.15, 0.2) is 41.5 Å². The lowest BCUT2D eigenvalue weighted by Crippen LogP contribution is -1.98. The van der Waals surface area contributed by atoms with E-state index in [1.807, 2.05) is 0 Å². The lowest BCUT2D eigenvalue weighted by atomic mass is 9.98. The maximum Gasteiger partial charge on any atom is 0.150 e. The molecule has 0 fully saturated rings. The molecule has 0 atom stereocenters. The summed E-state index contributed by atoms with van der Waals surface area (Å²) in [5, 5.41) is 3.95. The minimum absolute atomic E-state index is 0.802. The standard InChI is InChI=1S/C16H12N2/c1-17-18-9-12-6-7-14-13-5-3-2-4-11(13)8-15(14)16(12)10-18/h2-7H,1,8,10H2. The van der Waals surface area contributed by atoms with E-state index < -0.39 is 0 Å². The maximum atomic E-state index is 3.95. The van der Waals surface area contributed by atoms with Crippen LogP contribution in [0.25, 0.3) is 11.1 Å². The van der Waals surface area contributed by atoms with Crippen molar-refractivity contribution in [1.82, 2.24) is 0 Å². The van der Waals surface area contributed by atoms with Gasteiger partial charge in [-0.05, 0) is 28.2 Å². The third kappa shape index (κ3) is 1.17. The first-order valence-corrected chi connectivity index (χ1v) is 6.10. The molecule has 1 aliphatic carbocycles. The molecule has 2 aromatic carbocycles. The minimum Gasteiger partial charge on any atom is -0.156 e. The molecule has 0 aromatic heterocycles. The van der Waals surface area contributed by atoms with Gasteiger partial charge in [0.15, 0.2) is 0 Å². The number of hydrazone groups is 1. The molecule has 2 aliphatic rings. The molecule has 0 saturated carbocycles. The monoisotopic (exact) mass is 232 g/mol. The zero-order chi connectivity index (χ0) is 12.1. The van der Waals surface area contributed by atoms with Gasteiger partial charge >= 0.3 is 0 Å². The van der Waals surface area contributed by atoms with E-state index in [4.69, 9.17) is 0 Å². The summed E-state index contributed by atoms with van der Waals surface area (Å²) in [5.41, 5.74) is 8.13. The van der Waals surface area contributed by atoms with E-state index in [1.54, 1.807) is 4.68 Å². The average molecular weight is 232 g/mol. The number of fused-ring (bicyclic) bond motifs is 5. The van der Waals surface area contributed by atoms with Crippen molar-refractivity contribution in [3.05, 3.63) is 58.7 Å². The third-order valence-corrected chi connectivity index (χ3v) is 3.83. The highest BCUT2D eigenvalue weighted by Gasteiger charge is 2.22. The van der Waals surface area contributed by atoms with Crippen LogP contribution in [0.4, 0.5) is 0 Å². The highest BCUT2D eigenvalue weighted by atomic mass is 15.4. The Bertz CT molecular complexity index is 711. The van der Waals surface area contributed by atoms with Gasteiger partial charge in [-0.15, -0.1) is 16.3 Å². The smallest absolute Gasteiger partial charge is 0.150 e. The molecule has 0 radical (unpaired) electrons. The van der Waals surface area contributed by atoms with Gasteiger partial charge in [0, 0.05) is 0 Å². The maximum absolute atomic E-state index is 3.95. The summed E-state index contributed by atoms with van der Waals surface area (Å²) in [6.07, 6.45) is 4.27. The van der Waals surface area contributed by atoms with Crippen molar-refractivity contribution < 1.29 is 4.68 Å². The minimum atomic E-state index is 0.802. The second-order valence-corrected chi connectivity index (χ2v) is 4.76. The summed E-state index contributed by atoms with van der Waals surface area (Å²) in [4.78, 5) is 0. The highest BCUT2D eigenvalue weighted by molar-refractivity contribution is 5.86. The Labute approximate surface area is 106 Å². The van der Waals surface area contributed by atoms with Crippen LogP contribution in [0.3, 0.4) is 0 Å². The molecule has 0 unspecified atom stereocenters. The molecule has 0 bridgehead atoms. The lowest BCUT2D eigenvalue weighted by Gasteiger charge is -2.10. The van der Waals surface area contributed by atoms with E-state index in [0.717, 1.165) is 18.5 Å². The number of rotatable bonds is 1. The quantitative estimate of drug-likeness (QED) is 0.348. The van der Waals surface area contributed by atoms with Crippen LogP contribution >= 0.6 is 0 Å². The Morgan fingerprint density at radius 3 is 2.83 bits per heavy atom. The fourth-order valence-electron chi connectivity index (χ4n) is 2.97. The van der Waals surface area contributed by atoms with E-state index in [1.165, 1.54) is 27.8 Å². The van der Waals surface area contributed by atoms with Crippen molar-refractivity contribution in [3.8, 4) is 11.1 Å². The molecule has 1 aliphatic heterocycles. The molecule has 18 heavy (non-hydrogen) atoms. The Balaban J connectivity index is 1.92. The normalized spacial score (nSPS) is 14.8. The number of hydrogen-bond donors (Lipinski definition) is 0.